The second-order valence-corrected chi connectivity index (χ2v) is 5.80. The second kappa shape index (κ2) is 6.85. The molecule has 106 valence electrons. The summed E-state index contributed by atoms with van der Waals surface area (Å²) in [6.45, 7) is 5.74. The highest BCUT2D eigenvalue weighted by molar-refractivity contribution is 4.95. The van der Waals surface area contributed by atoms with E-state index < -0.39 is 0 Å². The normalized spacial score (nSPS) is 35.3. The summed E-state index contributed by atoms with van der Waals surface area (Å²) in [6.07, 6.45) is 5.98. The fourth-order valence-electron chi connectivity index (χ4n) is 3.51. The van der Waals surface area contributed by atoms with Crippen molar-refractivity contribution in [2.75, 3.05) is 46.6 Å². The first-order valence-corrected chi connectivity index (χ1v) is 7.32. The van der Waals surface area contributed by atoms with Crippen LogP contribution in [0.25, 0.3) is 0 Å². The molecule has 0 amide bonds. The van der Waals surface area contributed by atoms with Gasteiger partial charge < -0.3 is 15.2 Å². The maximum Gasteiger partial charge on any atom is 0.0502 e. The van der Waals surface area contributed by atoms with Crippen LogP contribution >= 0.6 is 0 Å². The van der Waals surface area contributed by atoms with Crippen LogP contribution in [0.15, 0.2) is 0 Å². The van der Waals surface area contributed by atoms with E-state index in [9.17, 15) is 0 Å². The third-order valence-electron chi connectivity index (χ3n) is 4.61. The largest absolute Gasteiger partial charge is 0.384 e. The zero-order valence-corrected chi connectivity index (χ0v) is 11.7. The van der Waals surface area contributed by atoms with Crippen LogP contribution in [0.2, 0.25) is 0 Å². The van der Waals surface area contributed by atoms with Crippen LogP contribution in [0.5, 0.6) is 0 Å². The third-order valence-corrected chi connectivity index (χ3v) is 4.61. The molecule has 2 fully saturated rings. The van der Waals surface area contributed by atoms with E-state index in [0.29, 0.717) is 5.92 Å². The van der Waals surface area contributed by atoms with Gasteiger partial charge in [-0.1, -0.05) is 0 Å². The predicted octanol–water partition coefficient (Wildman–Crippen LogP) is 1.24. The lowest BCUT2D eigenvalue weighted by atomic mass is 9.85. The monoisotopic (exact) mass is 256 g/mol. The molecular weight excluding hydrogens is 228 g/mol. The Morgan fingerprint density at radius 2 is 2.22 bits per heavy atom. The van der Waals surface area contributed by atoms with Crippen molar-refractivity contribution < 1.29 is 9.47 Å². The average molecular weight is 256 g/mol. The van der Waals surface area contributed by atoms with Gasteiger partial charge in [-0.25, -0.2) is 0 Å². The number of hydrogen-bond acceptors (Lipinski definition) is 4. The van der Waals surface area contributed by atoms with Crippen molar-refractivity contribution in [1.82, 2.24) is 4.90 Å². The lowest BCUT2D eigenvalue weighted by molar-refractivity contribution is 0.0107. The maximum absolute atomic E-state index is 6.13. The van der Waals surface area contributed by atoms with Crippen LogP contribution in [0.4, 0.5) is 0 Å². The quantitative estimate of drug-likeness (QED) is 0.822. The standard InChI is InChI=1S/C14H28N2O2/c1-17-11-13-4-2-7-16(10-13)14(12-15)5-3-8-18-9-6-14/h13H,2-12,15H2,1H3. The Kier molecular flexibility index (Phi) is 5.42. The molecule has 0 aliphatic carbocycles. The van der Waals surface area contributed by atoms with Crippen molar-refractivity contribution >= 4 is 0 Å². The summed E-state index contributed by atoms with van der Waals surface area (Å²) in [6, 6.07) is 0. The highest BCUT2D eigenvalue weighted by atomic mass is 16.5. The van der Waals surface area contributed by atoms with Gasteiger partial charge in [0.2, 0.25) is 0 Å². The summed E-state index contributed by atoms with van der Waals surface area (Å²) in [5.74, 6) is 0.677. The Labute approximate surface area is 111 Å². The Bertz CT molecular complexity index is 238. The molecular formula is C14H28N2O2. The van der Waals surface area contributed by atoms with Gasteiger partial charge in [0.25, 0.3) is 0 Å². The lowest BCUT2D eigenvalue weighted by Crippen LogP contribution is -2.57. The molecule has 2 aliphatic rings. The van der Waals surface area contributed by atoms with E-state index in [1.54, 1.807) is 7.11 Å². The number of nitrogens with zero attached hydrogens (tertiary/aromatic N) is 1. The molecule has 18 heavy (non-hydrogen) atoms. The number of hydrogen-bond donors (Lipinski definition) is 1. The van der Waals surface area contributed by atoms with Crippen molar-refractivity contribution in [3.63, 3.8) is 0 Å². The van der Waals surface area contributed by atoms with Crippen LogP contribution in [0.1, 0.15) is 32.1 Å². The molecule has 2 rings (SSSR count). The third kappa shape index (κ3) is 3.23. The summed E-state index contributed by atoms with van der Waals surface area (Å²) in [7, 11) is 1.80. The first-order chi connectivity index (χ1) is 8.80. The number of likely N-dealkylation sites (tertiary alicyclic amines) is 1. The van der Waals surface area contributed by atoms with Crippen molar-refractivity contribution in [2.45, 2.75) is 37.6 Å². The lowest BCUT2D eigenvalue weighted by Gasteiger charge is -2.47. The van der Waals surface area contributed by atoms with Gasteiger partial charge in [0.05, 0.1) is 6.61 Å². The van der Waals surface area contributed by atoms with Crippen molar-refractivity contribution in [1.29, 1.82) is 0 Å². The fourth-order valence-corrected chi connectivity index (χ4v) is 3.51. The van der Waals surface area contributed by atoms with Crippen molar-refractivity contribution in [3.8, 4) is 0 Å². The van der Waals surface area contributed by atoms with Gasteiger partial charge >= 0.3 is 0 Å². The maximum atomic E-state index is 6.13. The average Bonchev–Trinajstić information content (AvgIpc) is 2.66. The first kappa shape index (κ1) is 14.3. The molecule has 2 aliphatic heterocycles. The van der Waals surface area contributed by atoms with Crippen LogP contribution in [-0.2, 0) is 9.47 Å². The zero-order chi connectivity index (χ0) is 12.8. The second-order valence-electron chi connectivity index (χ2n) is 5.80. The van der Waals surface area contributed by atoms with Gasteiger partial charge in [0, 0.05) is 39.0 Å². The number of rotatable bonds is 4. The van der Waals surface area contributed by atoms with Crippen LogP contribution in [-0.4, -0.2) is 57.0 Å². The number of nitrogens with two attached hydrogens (primary N) is 1. The van der Waals surface area contributed by atoms with Gasteiger partial charge in [-0.15, -0.1) is 0 Å². The Morgan fingerprint density at radius 3 is 3.00 bits per heavy atom. The number of methoxy groups -OCH3 is 1. The summed E-state index contributed by atoms with van der Waals surface area (Å²) in [4.78, 5) is 2.63. The molecule has 2 heterocycles. The molecule has 2 atom stereocenters. The molecule has 0 aromatic carbocycles. The molecule has 2 unspecified atom stereocenters. The van der Waals surface area contributed by atoms with Gasteiger partial charge in [-0.2, -0.15) is 0 Å². The molecule has 4 heteroatoms. The molecule has 2 N–H and O–H groups in total. The minimum atomic E-state index is 0.183. The smallest absolute Gasteiger partial charge is 0.0502 e. The topological polar surface area (TPSA) is 47.7 Å². The highest BCUT2D eigenvalue weighted by Gasteiger charge is 2.38. The number of piperidine rings is 1. The van der Waals surface area contributed by atoms with Crippen molar-refractivity contribution in [2.24, 2.45) is 11.7 Å². The minimum absolute atomic E-state index is 0.183. The van der Waals surface area contributed by atoms with Gasteiger partial charge in [-0.3, -0.25) is 4.90 Å². The predicted molar refractivity (Wildman–Crippen MR) is 72.6 cm³/mol. The zero-order valence-electron chi connectivity index (χ0n) is 11.7. The molecule has 0 spiro atoms. The van der Waals surface area contributed by atoms with Crippen LogP contribution < -0.4 is 5.73 Å². The van der Waals surface area contributed by atoms with E-state index in [1.807, 2.05) is 0 Å². The van der Waals surface area contributed by atoms with E-state index in [-0.39, 0.29) is 5.54 Å². The number of ether oxygens (including phenoxy) is 2. The van der Waals surface area contributed by atoms with E-state index in [4.69, 9.17) is 15.2 Å². The van der Waals surface area contributed by atoms with E-state index in [1.165, 1.54) is 25.8 Å². The molecule has 0 aromatic heterocycles. The van der Waals surface area contributed by atoms with Gasteiger partial charge in [0.15, 0.2) is 0 Å². The summed E-state index contributed by atoms with van der Waals surface area (Å²) >= 11 is 0. The Morgan fingerprint density at radius 1 is 1.33 bits per heavy atom. The summed E-state index contributed by atoms with van der Waals surface area (Å²) < 4.78 is 10.9. The Hall–Kier alpha value is -0.160. The summed E-state index contributed by atoms with van der Waals surface area (Å²) in [5.41, 5.74) is 6.31. The van der Waals surface area contributed by atoms with E-state index in [2.05, 4.69) is 4.90 Å². The highest BCUT2D eigenvalue weighted by Crippen LogP contribution is 2.31. The fraction of sp³-hybridized carbons (Fsp3) is 1.00. The molecule has 0 bridgehead atoms. The SMILES string of the molecule is COCC1CCCN(C2(CN)CCCOCC2)C1. The van der Waals surface area contributed by atoms with E-state index in [0.717, 1.165) is 45.8 Å². The van der Waals surface area contributed by atoms with Crippen molar-refractivity contribution in [3.05, 3.63) is 0 Å². The molecule has 2 saturated heterocycles. The Balaban J connectivity index is 2.01. The summed E-state index contributed by atoms with van der Waals surface area (Å²) in [5, 5.41) is 0. The first-order valence-electron chi connectivity index (χ1n) is 7.32. The van der Waals surface area contributed by atoms with Crippen LogP contribution in [0, 0.1) is 5.92 Å². The van der Waals surface area contributed by atoms with Crippen LogP contribution in [0.3, 0.4) is 0 Å². The molecule has 0 radical (unpaired) electrons. The van der Waals surface area contributed by atoms with Gasteiger partial charge in [0.1, 0.15) is 0 Å². The minimum Gasteiger partial charge on any atom is -0.384 e. The van der Waals surface area contributed by atoms with Gasteiger partial charge in [-0.05, 0) is 44.6 Å². The molecule has 0 aromatic rings. The molecule has 0 saturated carbocycles. The van der Waals surface area contributed by atoms with E-state index >= 15 is 0 Å². The molecule has 4 nitrogen and oxygen atoms in total.